The third-order valence-electron chi connectivity index (χ3n) is 6.71. The number of piperidine rings is 1. The van der Waals surface area contributed by atoms with Crippen LogP contribution in [0.15, 0.2) is 30.6 Å². The molecule has 35 heavy (non-hydrogen) atoms. The number of hydrogen-bond donors (Lipinski definition) is 1. The van der Waals surface area contributed by atoms with Crippen LogP contribution in [0.5, 0.6) is 6.01 Å². The molecule has 12 heteroatoms. The number of ether oxygens (including phenoxy) is 1. The van der Waals surface area contributed by atoms with E-state index in [1.807, 2.05) is 0 Å². The number of aromatic nitrogens is 2. The Labute approximate surface area is 204 Å². The number of carbonyl (C=O) groups is 1. The van der Waals surface area contributed by atoms with Crippen molar-refractivity contribution in [1.29, 1.82) is 5.26 Å². The highest BCUT2D eigenvalue weighted by Gasteiger charge is 2.60. The first-order chi connectivity index (χ1) is 16.7. The van der Waals surface area contributed by atoms with Gasteiger partial charge >= 0.3 is 12.2 Å². The fourth-order valence-electron chi connectivity index (χ4n) is 4.76. The van der Waals surface area contributed by atoms with Gasteiger partial charge in [0.25, 0.3) is 5.91 Å². The van der Waals surface area contributed by atoms with Gasteiger partial charge in [-0.3, -0.25) is 14.6 Å². The second-order valence-electron chi connectivity index (χ2n) is 8.77. The lowest BCUT2D eigenvalue weighted by atomic mass is 9.75. The molecule has 2 saturated heterocycles. The number of benzene rings is 1. The summed E-state index contributed by atoms with van der Waals surface area (Å²) in [5.41, 5.74) is -2.20. The third-order valence-corrected chi connectivity index (χ3v) is 7.08. The van der Waals surface area contributed by atoms with E-state index in [9.17, 15) is 18.0 Å². The normalized spacial score (nSPS) is 20.2. The summed E-state index contributed by atoms with van der Waals surface area (Å²) in [6.07, 6.45) is 1.77. The van der Waals surface area contributed by atoms with E-state index >= 15 is 0 Å². The smallest absolute Gasteiger partial charge is 0.417 e. The Hall–Kier alpha value is -3.30. The van der Waals surface area contributed by atoms with Gasteiger partial charge in [-0.1, -0.05) is 0 Å². The predicted molar refractivity (Wildman–Crippen MR) is 124 cm³/mol. The zero-order valence-corrected chi connectivity index (χ0v) is 19.3. The SMILES string of the molecule is N#Cc1ccc(N2C(=O)C3(CCC3)N(c3cnc(OC4CCNCC4)nc3)C2=S)cc1C(F)(F)F. The quantitative estimate of drug-likeness (QED) is 0.635. The Morgan fingerprint density at radius 2 is 1.86 bits per heavy atom. The molecule has 3 heterocycles. The van der Waals surface area contributed by atoms with Crippen molar-refractivity contribution >= 4 is 34.6 Å². The summed E-state index contributed by atoms with van der Waals surface area (Å²) in [7, 11) is 0. The van der Waals surface area contributed by atoms with E-state index in [0.29, 0.717) is 18.5 Å². The molecule has 1 spiro atoms. The number of thiocarbonyl (C=S) groups is 1. The maximum absolute atomic E-state index is 13.5. The standard InChI is InChI=1S/C23H21F3N6O2S/c24-23(25,26)18-10-15(3-2-14(18)11-27)31-19(33)22(6-1-7-22)32(21(31)35)16-12-29-20(30-13-16)34-17-4-8-28-9-5-17/h2-3,10,12-13,17,28H,1,4-9H2. The molecule has 2 aromatic rings. The second-order valence-corrected chi connectivity index (χ2v) is 9.14. The van der Waals surface area contributed by atoms with Gasteiger partial charge in [0.2, 0.25) is 0 Å². The monoisotopic (exact) mass is 502 g/mol. The van der Waals surface area contributed by atoms with Gasteiger partial charge in [-0.25, -0.2) is 9.97 Å². The van der Waals surface area contributed by atoms with Gasteiger partial charge in [0.15, 0.2) is 5.11 Å². The van der Waals surface area contributed by atoms with E-state index in [0.717, 1.165) is 49.4 Å². The third kappa shape index (κ3) is 3.98. The highest BCUT2D eigenvalue weighted by Crippen LogP contribution is 2.48. The van der Waals surface area contributed by atoms with Gasteiger partial charge in [-0.15, -0.1) is 0 Å². The first-order valence-corrected chi connectivity index (χ1v) is 11.6. The first kappa shape index (κ1) is 23.4. The molecule has 5 rings (SSSR count). The lowest BCUT2D eigenvalue weighted by molar-refractivity contribution is -0.137. The van der Waals surface area contributed by atoms with Crippen LogP contribution in [-0.4, -0.2) is 45.7 Å². The first-order valence-electron chi connectivity index (χ1n) is 11.2. The van der Waals surface area contributed by atoms with Crippen molar-refractivity contribution in [3.63, 3.8) is 0 Å². The lowest BCUT2D eigenvalue weighted by Crippen LogP contribution is -2.55. The van der Waals surface area contributed by atoms with Crippen molar-refractivity contribution in [2.24, 2.45) is 0 Å². The van der Waals surface area contributed by atoms with Crippen molar-refractivity contribution in [3.05, 3.63) is 41.7 Å². The van der Waals surface area contributed by atoms with Gasteiger partial charge in [0.1, 0.15) is 11.6 Å². The largest absolute Gasteiger partial charge is 0.460 e. The van der Waals surface area contributed by atoms with Gasteiger partial charge in [0.05, 0.1) is 41.0 Å². The molecule has 0 bridgehead atoms. The van der Waals surface area contributed by atoms with E-state index in [1.54, 1.807) is 11.0 Å². The van der Waals surface area contributed by atoms with Crippen LogP contribution in [0.4, 0.5) is 24.5 Å². The average Bonchev–Trinajstić information content (AvgIpc) is 3.06. The Morgan fingerprint density at radius 3 is 2.43 bits per heavy atom. The number of amides is 1. The Kier molecular flexibility index (Phi) is 5.85. The van der Waals surface area contributed by atoms with Crippen molar-refractivity contribution in [2.45, 2.75) is 49.9 Å². The summed E-state index contributed by atoms with van der Waals surface area (Å²) in [5, 5.41) is 12.4. The van der Waals surface area contributed by atoms with Crippen molar-refractivity contribution in [1.82, 2.24) is 15.3 Å². The van der Waals surface area contributed by atoms with E-state index in [4.69, 9.17) is 22.2 Å². The predicted octanol–water partition coefficient (Wildman–Crippen LogP) is 3.56. The van der Waals surface area contributed by atoms with Crippen molar-refractivity contribution in [2.75, 3.05) is 22.9 Å². The summed E-state index contributed by atoms with van der Waals surface area (Å²) in [5.74, 6) is -0.401. The minimum absolute atomic E-state index is 0.0178. The molecule has 8 nitrogen and oxygen atoms in total. The number of hydrogen-bond acceptors (Lipinski definition) is 7. The molecular weight excluding hydrogens is 481 g/mol. The molecule has 1 saturated carbocycles. The van der Waals surface area contributed by atoms with Gasteiger partial charge < -0.3 is 10.1 Å². The number of nitriles is 1. The van der Waals surface area contributed by atoms with Crippen molar-refractivity contribution < 1.29 is 22.7 Å². The molecule has 0 radical (unpaired) electrons. The Bertz CT molecular complexity index is 1200. The van der Waals surface area contributed by atoms with E-state index in [-0.39, 0.29) is 22.9 Å². The summed E-state index contributed by atoms with van der Waals surface area (Å²) in [6, 6.07) is 4.93. The minimum Gasteiger partial charge on any atom is -0.460 e. The Balaban J connectivity index is 1.46. The molecule has 0 unspecified atom stereocenters. The minimum atomic E-state index is -4.75. The number of halogens is 3. The second kappa shape index (κ2) is 8.73. The maximum atomic E-state index is 13.5. The lowest BCUT2D eigenvalue weighted by Gasteiger charge is -2.42. The Morgan fingerprint density at radius 1 is 1.17 bits per heavy atom. The van der Waals surface area contributed by atoms with Gasteiger partial charge in [-0.2, -0.15) is 18.4 Å². The van der Waals surface area contributed by atoms with E-state index < -0.39 is 28.7 Å². The average molecular weight is 503 g/mol. The van der Waals surface area contributed by atoms with Crippen LogP contribution in [0.2, 0.25) is 0 Å². The fraction of sp³-hybridized carbons (Fsp3) is 0.435. The number of carbonyl (C=O) groups excluding carboxylic acids is 1. The molecule has 3 aliphatic rings. The summed E-state index contributed by atoms with van der Waals surface area (Å²) < 4.78 is 46.5. The number of rotatable bonds is 4. The topological polar surface area (TPSA) is 94.4 Å². The molecule has 1 amide bonds. The summed E-state index contributed by atoms with van der Waals surface area (Å²) in [6.45, 7) is 1.72. The van der Waals surface area contributed by atoms with Crippen LogP contribution in [0.1, 0.15) is 43.2 Å². The molecule has 1 aromatic carbocycles. The highest BCUT2D eigenvalue weighted by molar-refractivity contribution is 7.81. The van der Waals surface area contributed by atoms with Gasteiger partial charge in [-0.05, 0) is 75.6 Å². The van der Waals surface area contributed by atoms with Crippen LogP contribution in [-0.2, 0) is 11.0 Å². The molecule has 1 N–H and O–H groups in total. The molecule has 1 aliphatic carbocycles. The molecule has 3 fully saturated rings. The molecule has 1 aromatic heterocycles. The highest BCUT2D eigenvalue weighted by atomic mass is 32.1. The summed E-state index contributed by atoms with van der Waals surface area (Å²) >= 11 is 5.60. The van der Waals surface area contributed by atoms with Crippen LogP contribution in [0, 0.1) is 11.3 Å². The fourth-order valence-corrected chi connectivity index (χ4v) is 5.23. The number of anilines is 2. The number of alkyl halides is 3. The number of nitrogens with zero attached hydrogens (tertiary/aromatic N) is 5. The van der Waals surface area contributed by atoms with E-state index in [2.05, 4.69) is 15.3 Å². The van der Waals surface area contributed by atoms with Crippen molar-refractivity contribution in [3.8, 4) is 12.1 Å². The summed E-state index contributed by atoms with van der Waals surface area (Å²) in [4.78, 5) is 24.9. The maximum Gasteiger partial charge on any atom is 0.417 e. The van der Waals surface area contributed by atoms with Crippen LogP contribution in [0.25, 0.3) is 0 Å². The van der Waals surface area contributed by atoms with Crippen LogP contribution in [0.3, 0.4) is 0 Å². The van der Waals surface area contributed by atoms with Crippen LogP contribution < -0.4 is 19.9 Å². The van der Waals surface area contributed by atoms with E-state index in [1.165, 1.54) is 18.5 Å². The molecule has 2 aliphatic heterocycles. The van der Waals surface area contributed by atoms with Crippen LogP contribution >= 0.6 is 12.2 Å². The molecule has 0 atom stereocenters. The van der Waals surface area contributed by atoms with Gasteiger partial charge in [0, 0.05) is 0 Å². The zero-order chi connectivity index (χ0) is 24.8. The molecular formula is C23H21F3N6O2S. The zero-order valence-electron chi connectivity index (χ0n) is 18.5. The number of nitrogens with one attached hydrogen (secondary N) is 1. The molecule has 182 valence electrons.